The third-order valence-corrected chi connectivity index (χ3v) is 5.66. The predicted octanol–water partition coefficient (Wildman–Crippen LogP) is 3.86. The van der Waals surface area contributed by atoms with E-state index in [2.05, 4.69) is 25.5 Å². The second-order valence-corrected chi connectivity index (χ2v) is 7.80. The average Bonchev–Trinajstić information content (AvgIpc) is 2.28. The second-order valence-electron chi connectivity index (χ2n) is 5.13. The maximum atomic E-state index is 9.82. The van der Waals surface area contributed by atoms with Crippen molar-refractivity contribution in [1.82, 2.24) is 0 Å². The van der Waals surface area contributed by atoms with E-state index >= 15 is 0 Å². The maximum Gasteiger partial charge on any atom is 0.302 e. The van der Waals surface area contributed by atoms with Crippen molar-refractivity contribution >= 4 is 17.1 Å². The highest BCUT2D eigenvalue weighted by Gasteiger charge is 2.29. The molecule has 0 N–H and O–H groups in total. The summed E-state index contributed by atoms with van der Waals surface area (Å²) in [4.78, 5) is 9.82. The van der Waals surface area contributed by atoms with E-state index in [0.717, 1.165) is 13.0 Å². The summed E-state index contributed by atoms with van der Waals surface area (Å²) in [6, 6.07) is 0. The van der Waals surface area contributed by atoms with Gasteiger partial charge in [-0.05, 0) is 31.9 Å². The average molecular weight is 278 g/mol. The summed E-state index contributed by atoms with van der Waals surface area (Å²) in [5, 5.41) is 0. The number of carbonyl (C=O) groups is 1. The smallest absolute Gasteiger partial charge is 0.302 e. The van der Waals surface area contributed by atoms with Gasteiger partial charge in [-0.1, -0.05) is 27.2 Å². The molecule has 0 radical (unpaired) electrons. The molecule has 4 heteroatoms. The topological polar surface area (TPSA) is 35.5 Å². The molecule has 3 nitrogen and oxygen atoms in total. The van der Waals surface area contributed by atoms with Gasteiger partial charge in [0.15, 0.2) is 0 Å². The number of rotatable bonds is 4. The highest BCUT2D eigenvalue weighted by molar-refractivity contribution is 8.14. The molecule has 1 aliphatic rings. The molecule has 0 amide bonds. The van der Waals surface area contributed by atoms with Crippen molar-refractivity contribution in [3.05, 3.63) is 0 Å². The summed E-state index contributed by atoms with van der Waals surface area (Å²) in [7, 11) is 0. The van der Waals surface area contributed by atoms with Crippen molar-refractivity contribution in [1.29, 1.82) is 0 Å². The molecule has 0 bridgehead atoms. The zero-order valence-corrected chi connectivity index (χ0v) is 13.5. The number of carbonyl (C=O) groups excluding carboxylic acids is 1. The van der Waals surface area contributed by atoms with Crippen LogP contribution in [0.15, 0.2) is 0 Å². The Balaban J connectivity index is 0.000000411. The van der Waals surface area contributed by atoms with Crippen LogP contribution in [0.2, 0.25) is 0 Å². The lowest BCUT2D eigenvalue weighted by atomic mass is 10.1. The standard InChI is InChI=1S/C10H22OS.C4H8O2/c1-4-8-11-12-9-6-5-7-10(12,2)3;1-3-6-4(2)5/h12H,4-9H2,1-3H3;3H2,1-2H3. The van der Waals surface area contributed by atoms with E-state index in [1.807, 2.05) is 0 Å². The Morgan fingerprint density at radius 2 is 1.94 bits per heavy atom. The van der Waals surface area contributed by atoms with Crippen molar-refractivity contribution < 1.29 is 13.7 Å². The van der Waals surface area contributed by atoms with E-state index in [9.17, 15) is 4.79 Å². The SMILES string of the molecule is CCCO[SH]1CCCCC1(C)C.CCOC(C)=O. The quantitative estimate of drug-likeness (QED) is 0.626. The fourth-order valence-corrected chi connectivity index (χ4v) is 4.29. The summed E-state index contributed by atoms with van der Waals surface area (Å²) < 4.78 is 10.8. The van der Waals surface area contributed by atoms with Gasteiger partial charge in [0.05, 0.1) is 13.2 Å². The van der Waals surface area contributed by atoms with E-state index in [1.54, 1.807) is 6.92 Å². The van der Waals surface area contributed by atoms with E-state index in [0.29, 0.717) is 11.4 Å². The number of ether oxygens (including phenoxy) is 1. The monoisotopic (exact) mass is 278 g/mol. The Bertz CT molecular complexity index is 229. The van der Waals surface area contributed by atoms with Crippen LogP contribution in [0.25, 0.3) is 0 Å². The van der Waals surface area contributed by atoms with Crippen molar-refractivity contribution in [3.8, 4) is 0 Å². The fourth-order valence-electron chi connectivity index (χ4n) is 1.88. The number of esters is 1. The summed E-state index contributed by atoms with van der Waals surface area (Å²) in [5.41, 5.74) is 0. The van der Waals surface area contributed by atoms with E-state index in [-0.39, 0.29) is 17.1 Å². The molecule has 1 rings (SSSR count). The van der Waals surface area contributed by atoms with Gasteiger partial charge in [-0.25, -0.2) is 0 Å². The molecule has 1 fully saturated rings. The Morgan fingerprint density at radius 1 is 1.28 bits per heavy atom. The Hall–Kier alpha value is -0.220. The minimum Gasteiger partial charge on any atom is -0.466 e. The first-order chi connectivity index (χ1) is 8.44. The van der Waals surface area contributed by atoms with Crippen LogP contribution < -0.4 is 0 Å². The van der Waals surface area contributed by atoms with E-state index in [1.165, 1.54) is 31.9 Å². The lowest BCUT2D eigenvalue weighted by Gasteiger charge is -2.41. The van der Waals surface area contributed by atoms with Crippen molar-refractivity contribution in [2.45, 2.75) is 65.0 Å². The molecule has 0 aromatic carbocycles. The van der Waals surface area contributed by atoms with Gasteiger partial charge in [-0.15, -0.1) is 11.2 Å². The first-order valence-electron chi connectivity index (χ1n) is 6.98. The number of hydrogen-bond acceptors (Lipinski definition) is 3. The molecule has 1 aliphatic heterocycles. The molecule has 110 valence electrons. The fraction of sp³-hybridized carbons (Fsp3) is 0.929. The number of thiol groups is 1. The number of hydrogen-bond donors (Lipinski definition) is 1. The highest BCUT2D eigenvalue weighted by atomic mass is 32.2. The van der Waals surface area contributed by atoms with Crippen LogP contribution in [0.1, 0.15) is 60.3 Å². The molecule has 1 atom stereocenters. The molecular formula is C14H30O3S. The first-order valence-corrected chi connectivity index (χ1v) is 8.42. The zero-order chi connectivity index (χ0) is 14.0. The van der Waals surface area contributed by atoms with Gasteiger partial charge in [0.2, 0.25) is 0 Å². The van der Waals surface area contributed by atoms with E-state index in [4.69, 9.17) is 4.18 Å². The predicted molar refractivity (Wildman–Crippen MR) is 80.3 cm³/mol. The maximum absolute atomic E-state index is 9.82. The van der Waals surface area contributed by atoms with Gasteiger partial charge in [-0.2, -0.15) is 0 Å². The minimum absolute atomic E-state index is 0.121. The molecule has 1 unspecified atom stereocenters. The molecule has 0 aromatic rings. The molecule has 1 heterocycles. The molecule has 18 heavy (non-hydrogen) atoms. The normalized spacial score (nSPS) is 23.7. The van der Waals surface area contributed by atoms with Gasteiger partial charge in [0, 0.05) is 11.7 Å². The van der Waals surface area contributed by atoms with Crippen LogP contribution in [0, 0.1) is 0 Å². The Kier molecular flexibility index (Phi) is 9.56. The lowest BCUT2D eigenvalue weighted by molar-refractivity contribution is -0.140. The van der Waals surface area contributed by atoms with Gasteiger partial charge in [-0.3, -0.25) is 4.79 Å². The van der Waals surface area contributed by atoms with Gasteiger partial charge in [0.25, 0.3) is 0 Å². The Labute approximate surface area is 115 Å². The van der Waals surface area contributed by atoms with Crippen LogP contribution in [-0.4, -0.2) is 29.7 Å². The van der Waals surface area contributed by atoms with Crippen molar-refractivity contribution in [2.24, 2.45) is 0 Å². The van der Waals surface area contributed by atoms with Gasteiger partial charge < -0.3 is 8.92 Å². The third-order valence-electron chi connectivity index (χ3n) is 2.87. The van der Waals surface area contributed by atoms with Crippen LogP contribution in [0.3, 0.4) is 0 Å². The zero-order valence-electron chi connectivity index (χ0n) is 12.6. The molecule has 1 saturated heterocycles. The van der Waals surface area contributed by atoms with Crippen LogP contribution in [-0.2, 0) is 13.7 Å². The third kappa shape index (κ3) is 7.98. The van der Waals surface area contributed by atoms with Crippen molar-refractivity contribution in [3.63, 3.8) is 0 Å². The van der Waals surface area contributed by atoms with E-state index < -0.39 is 0 Å². The van der Waals surface area contributed by atoms with Gasteiger partial charge in [0.1, 0.15) is 0 Å². The highest BCUT2D eigenvalue weighted by Crippen LogP contribution is 2.49. The summed E-state index contributed by atoms with van der Waals surface area (Å²) in [5.74, 6) is 1.13. The van der Waals surface area contributed by atoms with Crippen LogP contribution in [0.4, 0.5) is 0 Å². The molecule has 0 saturated carbocycles. The minimum atomic E-state index is -0.211. The lowest BCUT2D eigenvalue weighted by Crippen LogP contribution is -2.27. The first kappa shape index (κ1) is 17.8. The van der Waals surface area contributed by atoms with Crippen LogP contribution in [0.5, 0.6) is 0 Å². The molecule has 0 aromatic heterocycles. The van der Waals surface area contributed by atoms with Gasteiger partial charge >= 0.3 is 5.97 Å². The largest absolute Gasteiger partial charge is 0.466 e. The Morgan fingerprint density at radius 3 is 2.33 bits per heavy atom. The molecule has 0 spiro atoms. The summed E-state index contributed by atoms with van der Waals surface area (Å²) in [6.45, 7) is 11.5. The molecule has 0 aliphatic carbocycles. The molecular weight excluding hydrogens is 248 g/mol. The van der Waals surface area contributed by atoms with Crippen molar-refractivity contribution in [2.75, 3.05) is 19.0 Å². The summed E-state index contributed by atoms with van der Waals surface area (Å²) in [6.07, 6.45) is 5.32. The van der Waals surface area contributed by atoms with Crippen LogP contribution >= 0.6 is 11.2 Å². The summed E-state index contributed by atoms with van der Waals surface area (Å²) >= 11 is -0.121. The second kappa shape index (κ2) is 9.68.